The molecule has 4 nitrogen and oxygen atoms in total. The van der Waals surface area contributed by atoms with Gasteiger partial charge in [-0.2, -0.15) is 17.5 Å². The van der Waals surface area contributed by atoms with Gasteiger partial charge in [0.2, 0.25) is 10.0 Å². The lowest BCUT2D eigenvalue weighted by atomic mass is 10.1. The Kier molecular flexibility index (Phi) is 4.60. The third-order valence-electron chi connectivity index (χ3n) is 3.66. The van der Waals surface area contributed by atoms with E-state index in [1.807, 2.05) is 7.05 Å². The third kappa shape index (κ3) is 3.56. The molecule has 1 aromatic rings. The number of alkyl halides is 3. The van der Waals surface area contributed by atoms with E-state index in [2.05, 4.69) is 5.32 Å². The average molecular weight is 322 g/mol. The van der Waals surface area contributed by atoms with Crippen molar-refractivity contribution < 1.29 is 21.6 Å². The number of piperidine rings is 1. The first-order valence-electron chi connectivity index (χ1n) is 6.60. The maximum Gasteiger partial charge on any atom is 0.416 e. The van der Waals surface area contributed by atoms with Crippen LogP contribution >= 0.6 is 0 Å². The Labute approximate surface area is 122 Å². The molecular formula is C13H17F3N2O2S. The summed E-state index contributed by atoms with van der Waals surface area (Å²) in [6.07, 6.45) is -3.26. The van der Waals surface area contributed by atoms with Crippen LogP contribution in [0.15, 0.2) is 29.2 Å². The van der Waals surface area contributed by atoms with Crippen LogP contribution in [-0.2, 0) is 16.2 Å². The molecule has 0 aromatic heterocycles. The quantitative estimate of drug-likeness (QED) is 0.927. The monoisotopic (exact) mass is 322 g/mol. The Bertz CT molecular complexity index is 594. The second kappa shape index (κ2) is 5.94. The molecule has 1 fully saturated rings. The van der Waals surface area contributed by atoms with E-state index in [9.17, 15) is 21.6 Å². The average Bonchev–Trinajstić information content (AvgIpc) is 2.46. The zero-order chi connectivity index (χ0) is 15.7. The molecule has 0 saturated carbocycles. The van der Waals surface area contributed by atoms with E-state index in [-0.39, 0.29) is 10.9 Å². The molecule has 1 saturated heterocycles. The highest BCUT2D eigenvalue weighted by molar-refractivity contribution is 7.89. The van der Waals surface area contributed by atoms with Gasteiger partial charge in [-0.05, 0) is 38.1 Å². The van der Waals surface area contributed by atoms with Gasteiger partial charge in [-0.3, -0.25) is 0 Å². The summed E-state index contributed by atoms with van der Waals surface area (Å²) in [7, 11) is -2.06. The highest BCUT2D eigenvalue weighted by Gasteiger charge is 2.34. The molecule has 0 amide bonds. The van der Waals surface area contributed by atoms with Crippen LogP contribution in [0.4, 0.5) is 13.2 Å². The van der Waals surface area contributed by atoms with Crippen LogP contribution in [0.1, 0.15) is 18.4 Å². The zero-order valence-electron chi connectivity index (χ0n) is 11.5. The van der Waals surface area contributed by atoms with Crippen LogP contribution in [0.25, 0.3) is 0 Å². The van der Waals surface area contributed by atoms with Crippen LogP contribution in [0.5, 0.6) is 0 Å². The van der Waals surface area contributed by atoms with Crippen molar-refractivity contribution in [2.45, 2.75) is 30.0 Å². The third-order valence-corrected chi connectivity index (χ3v) is 5.56. The lowest BCUT2D eigenvalue weighted by Gasteiger charge is -2.31. The highest BCUT2D eigenvalue weighted by atomic mass is 32.2. The SMILES string of the molecule is CNC1CCN(S(=O)(=O)c2cccc(C(F)(F)F)c2)CC1. The Morgan fingerprint density at radius 2 is 1.86 bits per heavy atom. The summed E-state index contributed by atoms with van der Waals surface area (Å²) < 4.78 is 64.1. The minimum atomic E-state index is -4.55. The predicted octanol–water partition coefficient (Wildman–Crippen LogP) is 2.08. The van der Waals surface area contributed by atoms with E-state index in [4.69, 9.17) is 0 Å². The number of nitrogens with zero attached hydrogens (tertiary/aromatic N) is 1. The van der Waals surface area contributed by atoms with Crippen LogP contribution in [0.3, 0.4) is 0 Å². The first kappa shape index (κ1) is 16.3. The Morgan fingerprint density at radius 3 is 2.38 bits per heavy atom. The summed E-state index contributed by atoms with van der Waals surface area (Å²) in [5.41, 5.74) is -0.950. The molecule has 21 heavy (non-hydrogen) atoms. The molecular weight excluding hydrogens is 305 g/mol. The van der Waals surface area contributed by atoms with Crippen molar-refractivity contribution in [1.29, 1.82) is 0 Å². The molecule has 0 unspecified atom stereocenters. The molecule has 1 aliphatic heterocycles. The molecule has 2 rings (SSSR count). The van der Waals surface area contributed by atoms with Crippen molar-refractivity contribution in [3.8, 4) is 0 Å². The van der Waals surface area contributed by atoms with Gasteiger partial charge in [0.25, 0.3) is 0 Å². The van der Waals surface area contributed by atoms with Gasteiger partial charge in [-0.15, -0.1) is 0 Å². The number of sulfonamides is 1. The van der Waals surface area contributed by atoms with Crippen LogP contribution < -0.4 is 5.32 Å². The number of rotatable bonds is 3. The summed E-state index contributed by atoms with van der Waals surface area (Å²) in [4.78, 5) is -0.305. The number of benzene rings is 1. The smallest absolute Gasteiger partial charge is 0.317 e. The van der Waals surface area contributed by atoms with Gasteiger partial charge in [-0.1, -0.05) is 6.07 Å². The first-order chi connectivity index (χ1) is 9.75. The number of nitrogens with one attached hydrogen (secondary N) is 1. The van der Waals surface area contributed by atoms with E-state index in [0.717, 1.165) is 12.1 Å². The molecule has 1 aliphatic rings. The molecule has 8 heteroatoms. The molecule has 1 aromatic carbocycles. The molecule has 0 spiro atoms. The van der Waals surface area contributed by atoms with Crippen molar-refractivity contribution in [2.75, 3.05) is 20.1 Å². The number of halogens is 3. The minimum Gasteiger partial charge on any atom is -0.317 e. The van der Waals surface area contributed by atoms with E-state index in [0.29, 0.717) is 32.0 Å². The maximum atomic E-state index is 12.7. The second-order valence-corrected chi connectivity index (χ2v) is 6.93. The normalized spacial score (nSPS) is 18.9. The van der Waals surface area contributed by atoms with E-state index in [1.54, 1.807) is 0 Å². The summed E-state index contributed by atoms with van der Waals surface area (Å²) in [5.74, 6) is 0. The van der Waals surface area contributed by atoms with Gasteiger partial charge < -0.3 is 5.32 Å². The maximum absolute atomic E-state index is 12.7. The number of hydrogen-bond donors (Lipinski definition) is 1. The highest BCUT2D eigenvalue weighted by Crippen LogP contribution is 2.31. The van der Waals surface area contributed by atoms with Crippen LogP contribution in [0.2, 0.25) is 0 Å². The fraction of sp³-hybridized carbons (Fsp3) is 0.538. The first-order valence-corrected chi connectivity index (χ1v) is 8.04. The Balaban J connectivity index is 2.24. The fourth-order valence-corrected chi connectivity index (χ4v) is 3.88. The van der Waals surface area contributed by atoms with Crippen molar-refractivity contribution >= 4 is 10.0 Å². The Morgan fingerprint density at radius 1 is 1.24 bits per heavy atom. The van der Waals surface area contributed by atoms with Gasteiger partial charge in [0.05, 0.1) is 10.5 Å². The molecule has 0 radical (unpaired) electrons. The van der Waals surface area contributed by atoms with Crippen molar-refractivity contribution in [3.05, 3.63) is 29.8 Å². The van der Waals surface area contributed by atoms with Crippen molar-refractivity contribution in [2.24, 2.45) is 0 Å². The molecule has 1 N–H and O–H groups in total. The lowest BCUT2D eigenvalue weighted by molar-refractivity contribution is -0.137. The van der Waals surface area contributed by atoms with Gasteiger partial charge in [0, 0.05) is 19.1 Å². The topological polar surface area (TPSA) is 49.4 Å². The van der Waals surface area contributed by atoms with Crippen LogP contribution in [0, 0.1) is 0 Å². The summed E-state index contributed by atoms with van der Waals surface area (Å²) in [6, 6.07) is 4.13. The second-order valence-electron chi connectivity index (χ2n) is 4.99. The predicted molar refractivity (Wildman–Crippen MR) is 72.3 cm³/mol. The molecule has 0 aliphatic carbocycles. The van der Waals surface area contributed by atoms with Gasteiger partial charge >= 0.3 is 6.18 Å². The molecule has 118 valence electrons. The Hall–Kier alpha value is -1.12. The van der Waals surface area contributed by atoms with Gasteiger partial charge in [0.15, 0.2) is 0 Å². The standard InChI is InChI=1S/C13H17F3N2O2S/c1-17-11-5-7-18(8-6-11)21(19,20)12-4-2-3-10(9-12)13(14,15)16/h2-4,9,11,17H,5-8H2,1H3. The lowest BCUT2D eigenvalue weighted by Crippen LogP contribution is -2.43. The van der Waals surface area contributed by atoms with Gasteiger partial charge in [-0.25, -0.2) is 8.42 Å². The fourth-order valence-electron chi connectivity index (χ4n) is 2.37. The molecule has 1 heterocycles. The van der Waals surface area contributed by atoms with E-state index >= 15 is 0 Å². The largest absolute Gasteiger partial charge is 0.416 e. The molecule has 0 atom stereocenters. The summed E-state index contributed by atoms with van der Waals surface area (Å²) in [5, 5.41) is 3.07. The minimum absolute atomic E-state index is 0.248. The summed E-state index contributed by atoms with van der Waals surface area (Å²) in [6.45, 7) is 0.619. The zero-order valence-corrected chi connectivity index (χ0v) is 12.3. The van der Waals surface area contributed by atoms with E-state index in [1.165, 1.54) is 10.4 Å². The summed E-state index contributed by atoms with van der Waals surface area (Å²) >= 11 is 0. The van der Waals surface area contributed by atoms with Crippen molar-refractivity contribution in [3.63, 3.8) is 0 Å². The van der Waals surface area contributed by atoms with Crippen LogP contribution in [-0.4, -0.2) is 38.9 Å². The number of hydrogen-bond acceptors (Lipinski definition) is 3. The van der Waals surface area contributed by atoms with Crippen molar-refractivity contribution in [1.82, 2.24) is 9.62 Å². The van der Waals surface area contributed by atoms with Gasteiger partial charge in [0.1, 0.15) is 0 Å². The molecule has 0 bridgehead atoms. The van der Waals surface area contributed by atoms with E-state index < -0.39 is 21.8 Å².